The lowest BCUT2D eigenvalue weighted by Crippen LogP contribution is -2.39. The van der Waals surface area contributed by atoms with Gasteiger partial charge in [-0.2, -0.15) is 5.10 Å². The van der Waals surface area contributed by atoms with Crippen molar-refractivity contribution < 1.29 is 4.79 Å². The SMILES string of the molecule is CN(C(=O)Cc1cnn(C)c1Br)C1CCCCC1. The standard InChI is InChI=1S/C13H20BrN3O/c1-16(11-6-4-3-5-7-11)12(18)8-10-9-15-17(2)13(10)14/h9,11H,3-8H2,1-2H3. The molecular weight excluding hydrogens is 294 g/mol. The molecule has 1 aromatic heterocycles. The Hall–Kier alpha value is -0.840. The Labute approximate surface area is 116 Å². The van der Waals surface area contributed by atoms with Crippen LogP contribution in [0.4, 0.5) is 0 Å². The van der Waals surface area contributed by atoms with Crippen LogP contribution in [-0.2, 0) is 18.3 Å². The first kappa shape index (κ1) is 13.6. The Bertz CT molecular complexity index is 424. The molecule has 18 heavy (non-hydrogen) atoms. The quantitative estimate of drug-likeness (QED) is 0.860. The van der Waals surface area contributed by atoms with Crippen molar-refractivity contribution in [2.24, 2.45) is 7.05 Å². The maximum absolute atomic E-state index is 12.2. The number of halogens is 1. The summed E-state index contributed by atoms with van der Waals surface area (Å²) >= 11 is 3.45. The molecule has 100 valence electrons. The van der Waals surface area contributed by atoms with Gasteiger partial charge in [-0.15, -0.1) is 0 Å². The van der Waals surface area contributed by atoms with Gasteiger partial charge in [0, 0.05) is 25.7 Å². The molecule has 0 saturated heterocycles. The van der Waals surface area contributed by atoms with Gasteiger partial charge in [0.15, 0.2) is 0 Å². The molecule has 1 saturated carbocycles. The third-order valence-corrected chi connectivity index (χ3v) is 4.82. The van der Waals surface area contributed by atoms with Gasteiger partial charge in [0.1, 0.15) is 4.60 Å². The highest BCUT2D eigenvalue weighted by Crippen LogP contribution is 2.23. The highest BCUT2D eigenvalue weighted by atomic mass is 79.9. The van der Waals surface area contributed by atoms with Crippen molar-refractivity contribution in [3.63, 3.8) is 0 Å². The Morgan fingerprint density at radius 2 is 2.17 bits per heavy atom. The summed E-state index contributed by atoms with van der Waals surface area (Å²) in [6.07, 6.45) is 8.30. The van der Waals surface area contributed by atoms with Crippen molar-refractivity contribution >= 4 is 21.8 Å². The van der Waals surface area contributed by atoms with E-state index in [1.807, 2.05) is 19.0 Å². The fraction of sp³-hybridized carbons (Fsp3) is 0.692. The highest BCUT2D eigenvalue weighted by molar-refractivity contribution is 9.10. The van der Waals surface area contributed by atoms with Crippen molar-refractivity contribution in [2.75, 3.05) is 7.05 Å². The Kier molecular flexibility index (Phi) is 4.43. The number of likely N-dealkylation sites (N-methyl/N-ethyl adjacent to an activating group) is 1. The van der Waals surface area contributed by atoms with Gasteiger partial charge in [0.2, 0.25) is 5.91 Å². The normalized spacial score (nSPS) is 16.8. The van der Waals surface area contributed by atoms with Crippen LogP contribution in [0.3, 0.4) is 0 Å². The predicted molar refractivity (Wildman–Crippen MR) is 74.3 cm³/mol. The summed E-state index contributed by atoms with van der Waals surface area (Å²) in [5.74, 6) is 0.190. The molecule has 5 heteroatoms. The Balaban J connectivity index is 1.96. The minimum absolute atomic E-state index is 0.190. The van der Waals surface area contributed by atoms with E-state index in [1.54, 1.807) is 10.9 Å². The second kappa shape index (κ2) is 5.87. The van der Waals surface area contributed by atoms with Gasteiger partial charge in [-0.1, -0.05) is 19.3 Å². The average molecular weight is 314 g/mol. The first-order valence-electron chi connectivity index (χ1n) is 6.51. The molecule has 1 heterocycles. The van der Waals surface area contributed by atoms with Gasteiger partial charge < -0.3 is 4.90 Å². The van der Waals surface area contributed by atoms with E-state index in [0.29, 0.717) is 12.5 Å². The molecule has 2 rings (SSSR count). The van der Waals surface area contributed by atoms with E-state index in [-0.39, 0.29) is 5.91 Å². The zero-order valence-electron chi connectivity index (χ0n) is 11.0. The first-order chi connectivity index (χ1) is 8.59. The summed E-state index contributed by atoms with van der Waals surface area (Å²) in [7, 11) is 3.80. The number of amides is 1. The minimum Gasteiger partial charge on any atom is -0.342 e. The summed E-state index contributed by atoms with van der Waals surface area (Å²) in [6, 6.07) is 0.432. The largest absolute Gasteiger partial charge is 0.342 e. The lowest BCUT2D eigenvalue weighted by Gasteiger charge is -2.31. The molecule has 0 aromatic carbocycles. The van der Waals surface area contributed by atoms with E-state index in [4.69, 9.17) is 0 Å². The maximum Gasteiger partial charge on any atom is 0.227 e. The number of aromatic nitrogens is 2. The number of aryl methyl sites for hydroxylation is 1. The molecular formula is C13H20BrN3O. The van der Waals surface area contributed by atoms with Crippen LogP contribution in [0.1, 0.15) is 37.7 Å². The van der Waals surface area contributed by atoms with Crippen molar-refractivity contribution in [3.05, 3.63) is 16.4 Å². The fourth-order valence-corrected chi connectivity index (χ4v) is 2.88. The van der Waals surface area contributed by atoms with Crippen molar-refractivity contribution in [1.29, 1.82) is 0 Å². The Morgan fingerprint density at radius 3 is 2.72 bits per heavy atom. The smallest absolute Gasteiger partial charge is 0.227 e. The molecule has 0 atom stereocenters. The molecule has 0 N–H and O–H groups in total. The van der Waals surface area contributed by atoms with Gasteiger partial charge in [-0.05, 0) is 28.8 Å². The van der Waals surface area contributed by atoms with Crippen molar-refractivity contribution in [2.45, 2.75) is 44.6 Å². The number of rotatable bonds is 3. The van der Waals surface area contributed by atoms with E-state index < -0.39 is 0 Å². The van der Waals surface area contributed by atoms with Crippen molar-refractivity contribution in [1.82, 2.24) is 14.7 Å². The third kappa shape index (κ3) is 2.94. The second-order valence-electron chi connectivity index (χ2n) is 5.06. The number of hydrogen-bond donors (Lipinski definition) is 0. The van der Waals surface area contributed by atoms with Crippen LogP contribution in [0.2, 0.25) is 0 Å². The fourth-order valence-electron chi connectivity index (χ4n) is 2.55. The molecule has 1 aromatic rings. The molecule has 0 bridgehead atoms. The molecule has 1 amide bonds. The summed E-state index contributed by atoms with van der Waals surface area (Å²) in [6.45, 7) is 0. The first-order valence-corrected chi connectivity index (χ1v) is 7.31. The molecule has 0 spiro atoms. The van der Waals surface area contributed by atoms with Crippen LogP contribution in [-0.4, -0.2) is 33.7 Å². The van der Waals surface area contributed by atoms with E-state index in [2.05, 4.69) is 21.0 Å². The molecule has 0 aliphatic heterocycles. The van der Waals surface area contributed by atoms with Crippen LogP contribution >= 0.6 is 15.9 Å². The van der Waals surface area contributed by atoms with Crippen LogP contribution in [0, 0.1) is 0 Å². The third-order valence-electron chi connectivity index (χ3n) is 3.79. The molecule has 0 unspecified atom stereocenters. The average Bonchev–Trinajstić information content (AvgIpc) is 2.71. The van der Waals surface area contributed by atoms with E-state index in [1.165, 1.54) is 19.3 Å². The molecule has 1 aliphatic carbocycles. The predicted octanol–water partition coefficient (Wildman–Crippen LogP) is 2.52. The van der Waals surface area contributed by atoms with Gasteiger partial charge >= 0.3 is 0 Å². The summed E-state index contributed by atoms with van der Waals surface area (Å²) < 4.78 is 2.64. The second-order valence-corrected chi connectivity index (χ2v) is 5.81. The number of nitrogens with zero attached hydrogens (tertiary/aromatic N) is 3. The van der Waals surface area contributed by atoms with Gasteiger partial charge in [-0.25, -0.2) is 0 Å². The maximum atomic E-state index is 12.2. The summed E-state index contributed by atoms with van der Waals surface area (Å²) in [5, 5.41) is 4.14. The molecule has 1 fully saturated rings. The molecule has 0 radical (unpaired) electrons. The van der Waals surface area contributed by atoms with E-state index in [0.717, 1.165) is 23.0 Å². The van der Waals surface area contributed by atoms with Crippen LogP contribution in [0.5, 0.6) is 0 Å². The Morgan fingerprint density at radius 1 is 1.50 bits per heavy atom. The van der Waals surface area contributed by atoms with Gasteiger partial charge in [0.05, 0.1) is 12.6 Å². The lowest BCUT2D eigenvalue weighted by atomic mass is 9.94. The van der Waals surface area contributed by atoms with Crippen molar-refractivity contribution in [3.8, 4) is 0 Å². The highest BCUT2D eigenvalue weighted by Gasteiger charge is 2.23. The number of hydrogen-bond acceptors (Lipinski definition) is 2. The summed E-state index contributed by atoms with van der Waals surface area (Å²) in [4.78, 5) is 14.2. The van der Waals surface area contributed by atoms with Crippen LogP contribution in [0.25, 0.3) is 0 Å². The number of carbonyl (C=O) groups excluding carboxylic acids is 1. The number of carbonyl (C=O) groups is 1. The topological polar surface area (TPSA) is 38.1 Å². The zero-order chi connectivity index (χ0) is 13.1. The molecule has 4 nitrogen and oxygen atoms in total. The van der Waals surface area contributed by atoms with Gasteiger partial charge in [-0.3, -0.25) is 9.48 Å². The lowest BCUT2D eigenvalue weighted by molar-refractivity contribution is -0.131. The minimum atomic E-state index is 0.190. The monoisotopic (exact) mass is 313 g/mol. The van der Waals surface area contributed by atoms with Gasteiger partial charge in [0.25, 0.3) is 0 Å². The van der Waals surface area contributed by atoms with E-state index >= 15 is 0 Å². The van der Waals surface area contributed by atoms with Crippen LogP contribution < -0.4 is 0 Å². The van der Waals surface area contributed by atoms with E-state index in [9.17, 15) is 4.79 Å². The zero-order valence-corrected chi connectivity index (χ0v) is 12.6. The molecule has 1 aliphatic rings. The summed E-state index contributed by atoms with van der Waals surface area (Å²) in [5.41, 5.74) is 0.963. The van der Waals surface area contributed by atoms with Crippen LogP contribution in [0.15, 0.2) is 10.8 Å².